The number of aromatic nitrogens is 1. The monoisotopic (exact) mass is 380 g/mol. The molecule has 146 valence electrons. The molecule has 1 N–H and O–H groups in total. The summed E-state index contributed by atoms with van der Waals surface area (Å²) in [6.07, 6.45) is 6.69. The molecule has 4 rings (SSSR count). The molecule has 0 spiro atoms. The lowest BCUT2D eigenvalue weighted by atomic mass is 9.98. The third-order valence-corrected chi connectivity index (χ3v) is 5.62. The van der Waals surface area contributed by atoms with Crippen molar-refractivity contribution in [2.45, 2.75) is 31.6 Å². The number of piperazine rings is 1. The molecule has 5 nitrogen and oxygen atoms in total. The van der Waals surface area contributed by atoms with Gasteiger partial charge < -0.3 is 10.2 Å². The van der Waals surface area contributed by atoms with Gasteiger partial charge in [-0.05, 0) is 48.6 Å². The Morgan fingerprint density at radius 2 is 1.89 bits per heavy atom. The predicted octanol–water partition coefficient (Wildman–Crippen LogP) is 4.75. The molecular weight excluding hydrogens is 355 g/mol. The van der Waals surface area contributed by atoms with Crippen LogP contribution in [0.15, 0.2) is 54.9 Å². The van der Waals surface area contributed by atoms with Gasteiger partial charge >= 0.3 is 6.03 Å². The average Bonchev–Trinajstić information content (AvgIpc) is 3.23. The highest BCUT2D eigenvalue weighted by molar-refractivity contribution is 5.90. The van der Waals surface area contributed by atoms with Crippen LogP contribution in [0.3, 0.4) is 0 Å². The molecule has 2 heterocycles. The molecule has 1 aromatic heterocycles. The molecule has 6 heteroatoms. The van der Waals surface area contributed by atoms with Crippen molar-refractivity contribution in [1.29, 1.82) is 0 Å². The smallest absolute Gasteiger partial charge is 0.326 e. The van der Waals surface area contributed by atoms with Crippen molar-refractivity contribution in [2.24, 2.45) is 0 Å². The fraction of sp³-hybridized carbons (Fsp3) is 0.364. The lowest BCUT2D eigenvalue weighted by molar-refractivity contribution is 0.221. The zero-order valence-electron chi connectivity index (χ0n) is 15.9. The molecule has 28 heavy (non-hydrogen) atoms. The van der Waals surface area contributed by atoms with Crippen molar-refractivity contribution in [3.05, 3.63) is 66.3 Å². The molecule has 1 saturated heterocycles. The number of anilines is 2. The van der Waals surface area contributed by atoms with E-state index in [2.05, 4.69) is 29.0 Å². The Kier molecular flexibility index (Phi) is 5.28. The first-order chi connectivity index (χ1) is 13.6. The Morgan fingerprint density at radius 1 is 1.14 bits per heavy atom. The number of amides is 2. The standard InChI is InChI=1S/C22H25FN4O/c1-16-15-26(21-20(23)7-4-12-24-21)13-14-27(16)22(28)25-19-10-8-18(9-11-19)17-5-2-3-6-17/h4,7-12,17H,1-3,5-6,13-15H2,(H,25,28). The van der Waals surface area contributed by atoms with Gasteiger partial charge in [0.25, 0.3) is 0 Å². The topological polar surface area (TPSA) is 48.5 Å². The number of benzene rings is 1. The van der Waals surface area contributed by atoms with Gasteiger partial charge in [0.2, 0.25) is 0 Å². The first kappa shape index (κ1) is 18.5. The molecule has 2 amide bonds. The summed E-state index contributed by atoms with van der Waals surface area (Å²) in [6, 6.07) is 10.9. The quantitative estimate of drug-likeness (QED) is 0.836. The summed E-state index contributed by atoms with van der Waals surface area (Å²) in [4.78, 5) is 20.2. The van der Waals surface area contributed by atoms with E-state index in [9.17, 15) is 9.18 Å². The Labute approximate surface area is 164 Å². The minimum absolute atomic E-state index is 0.209. The van der Waals surface area contributed by atoms with E-state index >= 15 is 0 Å². The van der Waals surface area contributed by atoms with E-state index in [1.165, 1.54) is 37.3 Å². The number of carbonyl (C=O) groups excluding carboxylic acids is 1. The minimum Gasteiger partial charge on any atom is -0.347 e. The number of hydrogen-bond donors (Lipinski definition) is 1. The third-order valence-electron chi connectivity index (χ3n) is 5.62. The van der Waals surface area contributed by atoms with Crippen molar-refractivity contribution >= 4 is 17.5 Å². The van der Waals surface area contributed by atoms with Gasteiger partial charge in [-0.1, -0.05) is 31.6 Å². The molecule has 0 unspecified atom stereocenters. The number of hydrogen-bond acceptors (Lipinski definition) is 3. The van der Waals surface area contributed by atoms with Crippen molar-refractivity contribution in [3.63, 3.8) is 0 Å². The second-order valence-electron chi connectivity index (χ2n) is 7.48. The highest BCUT2D eigenvalue weighted by atomic mass is 19.1. The van der Waals surface area contributed by atoms with Crippen LogP contribution in [0.5, 0.6) is 0 Å². The first-order valence-electron chi connectivity index (χ1n) is 9.83. The van der Waals surface area contributed by atoms with Crippen molar-refractivity contribution in [1.82, 2.24) is 9.88 Å². The van der Waals surface area contributed by atoms with E-state index < -0.39 is 0 Å². The number of rotatable bonds is 3. The van der Waals surface area contributed by atoms with Gasteiger partial charge in [-0.3, -0.25) is 4.90 Å². The maximum atomic E-state index is 14.0. The van der Waals surface area contributed by atoms with Crippen LogP contribution >= 0.6 is 0 Å². The molecule has 1 aliphatic heterocycles. The summed E-state index contributed by atoms with van der Waals surface area (Å²) < 4.78 is 14.0. The second-order valence-corrected chi connectivity index (χ2v) is 7.48. The van der Waals surface area contributed by atoms with Crippen LogP contribution in [0.4, 0.5) is 20.7 Å². The largest absolute Gasteiger partial charge is 0.347 e. The Bertz CT molecular complexity index is 861. The number of pyridine rings is 1. The number of nitrogens with zero attached hydrogens (tertiary/aromatic N) is 3. The normalized spacial score (nSPS) is 17.8. The first-order valence-corrected chi connectivity index (χ1v) is 9.83. The molecule has 2 aliphatic rings. The fourth-order valence-corrected chi connectivity index (χ4v) is 4.09. The molecule has 0 atom stereocenters. The molecule has 0 radical (unpaired) electrons. The SMILES string of the molecule is C=C1CN(c2ncccc2F)CCN1C(=O)Nc1ccc(C2CCCC2)cc1. The summed E-state index contributed by atoms with van der Waals surface area (Å²) in [7, 11) is 0. The maximum absolute atomic E-state index is 14.0. The number of carbonyl (C=O) groups is 1. The van der Waals surface area contributed by atoms with E-state index in [1.807, 2.05) is 12.1 Å². The third kappa shape index (κ3) is 3.86. The summed E-state index contributed by atoms with van der Waals surface area (Å²) in [5, 5.41) is 2.94. The average molecular weight is 380 g/mol. The summed E-state index contributed by atoms with van der Waals surface area (Å²) in [5.74, 6) is 0.589. The van der Waals surface area contributed by atoms with E-state index in [1.54, 1.807) is 22.1 Å². The predicted molar refractivity (Wildman–Crippen MR) is 109 cm³/mol. The lowest BCUT2D eigenvalue weighted by Crippen LogP contribution is -2.48. The molecule has 1 saturated carbocycles. The Balaban J connectivity index is 1.36. The van der Waals surface area contributed by atoms with Gasteiger partial charge in [0, 0.05) is 30.7 Å². The van der Waals surface area contributed by atoms with Crippen molar-refractivity contribution in [2.75, 3.05) is 29.9 Å². The van der Waals surface area contributed by atoms with E-state index in [4.69, 9.17) is 0 Å². The van der Waals surface area contributed by atoms with Gasteiger partial charge in [0.15, 0.2) is 11.6 Å². The van der Waals surface area contributed by atoms with Crippen LogP contribution in [-0.2, 0) is 0 Å². The van der Waals surface area contributed by atoms with Crippen LogP contribution in [0.2, 0.25) is 0 Å². The summed E-state index contributed by atoms with van der Waals surface area (Å²) >= 11 is 0. The molecule has 0 bridgehead atoms. The van der Waals surface area contributed by atoms with Crippen molar-refractivity contribution < 1.29 is 9.18 Å². The number of halogens is 1. The second kappa shape index (κ2) is 8.00. The van der Waals surface area contributed by atoms with Gasteiger partial charge in [-0.25, -0.2) is 14.2 Å². The summed E-state index contributed by atoms with van der Waals surface area (Å²) in [6.45, 7) is 5.30. The van der Waals surface area contributed by atoms with Gasteiger partial charge in [0.1, 0.15) is 0 Å². The molecule has 1 aromatic carbocycles. The minimum atomic E-state index is -0.365. The Hall–Kier alpha value is -2.89. The fourth-order valence-electron chi connectivity index (χ4n) is 4.09. The van der Waals surface area contributed by atoms with E-state index in [0.717, 1.165) is 5.69 Å². The molecule has 2 aromatic rings. The van der Waals surface area contributed by atoms with Crippen LogP contribution < -0.4 is 10.2 Å². The van der Waals surface area contributed by atoms with Gasteiger partial charge in [-0.15, -0.1) is 0 Å². The van der Waals surface area contributed by atoms with Gasteiger partial charge in [-0.2, -0.15) is 0 Å². The number of urea groups is 1. The zero-order valence-corrected chi connectivity index (χ0v) is 15.9. The van der Waals surface area contributed by atoms with Crippen LogP contribution in [0, 0.1) is 5.82 Å². The van der Waals surface area contributed by atoms with Crippen molar-refractivity contribution in [3.8, 4) is 0 Å². The van der Waals surface area contributed by atoms with Crippen LogP contribution in [0.25, 0.3) is 0 Å². The van der Waals surface area contributed by atoms with Crippen LogP contribution in [-0.4, -0.2) is 35.5 Å². The highest BCUT2D eigenvalue weighted by Gasteiger charge is 2.26. The van der Waals surface area contributed by atoms with Gasteiger partial charge in [0.05, 0.1) is 6.54 Å². The Morgan fingerprint density at radius 3 is 2.57 bits per heavy atom. The highest BCUT2D eigenvalue weighted by Crippen LogP contribution is 2.34. The maximum Gasteiger partial charge on any atom is 0.326 e. The summed E-state index contributed by atoms with van der Waals surface area (Å²) in [5.41, 5.74) is 2.75. The number of nitrogens with one attached hydrogen (secondary N) is 1. The van der Waals surface area contributed by atoms with E-state index in [0.29, 0.717) is 37.1 Å². The molecular formula is C22H25FN4O. The lowest BCUT2D eigenvalue weighted by Gasteiger charge is -2.36. The molecule has 1 aliphatic carbocycles. The molecule has 2 fully saturated rings. The zero-order chi connectivity index (χ0) is 19.5. The van der Waals surface area contributed by atoms with Crippen LogP contribution in [0.1, 0.15) is 37.2 Å². The van der Waals surface area contributed by atoms with E-state index in [-0.39, 0.29) is 11.8 Å².